The van der Waals surface area contributed by atoms with E-state index in [-0.39, 0.29) is 5.91 Å². The van der Waals surface area contributed by atoms with Gasteiger partial charge in [-0.15, -0.1) is 0 Å². The van der Waals surface area contributed by atoms with E-state index in [0.29, 0.717) is 19.0 Å². The highest BCUT2D eigenvalue weighted by atomic mass is 16.5. The van der Waals surface area contributed by atoms with Crippen LogP contribution in [0, 0.1) is 13.8 Å². The second-order valence-corrected chi connectivity index (χ2v) is 7.03. The average Bonchev–Trinajstić information content (AvgIpc) is 2.68. The highest BCUT2D eigenvalue weighted by Crippen LogP contribution is 2.31. The molecule has 1 atom stereocenters. The first-order valence-corrected chi connectivity index (χ1v) is 9.98. The number of carbonyl (C=O) groups is 1. The smallest absolute Gasteiger partial charge is 0.246 e. The molecule has 2 aromatic rings. The summed E-state index contributed by atoms with van der Waals surface area (Å²) in [5.41, 5.74) is 3.81. The van der Waals surface area contributed by atoms with Gasteiger partial charge in [0.2, 0.25) is 5.91 Å². The molecule has 0 spiro atoms. The Morgan fingerprint density at radius 3 is 2.32 bits per heavy atom. The van der Waals surface area contributed by atoms with Crippen LogP contribution in [-0.2, 0) is 4.79 Å². The predicted octanol–water partition coefficient (Wildman–Crippen LogP) is 5.32. The summed E-state index contributed by atoms with van der Waals surface area (Å²) in [6.45, 7) is 11.2. The van der Waals surface area contributed by atoms with Gasteiger partial charge in [0.25, 0.3) is 0 Å². The average molecular weight is 385 g/mol. The summed E-state index contributed by atoms with van der Waals surface area (Å²) < 4.78 is 11.6. The lowest BCUT2D eigenvalue weighted by atomic mass is 10.1. The molecule has 1 unspecified atom stereocenters. The molecule has 0 aliphatic heterocycles. The van der Waals surface area contributed by atoms with Gasteiger partial charge < -0.3 is 20.1 Å². The fourth-order valence-corrected chi connectivity index (χ4v) is 2.68. The van der Waals surface area contributed by atoms with Gasteiger partial charge in [0, 0.05) is 17.4 Å². The molecule has 28 heavy (non-hydrogen) atoms. The summed E-state index contributed by atoms with van der Waals surface area (Å²) in [6.07, 6.45) is 1.85. The van der Waals surface area contributed by atoms with Crippen LogP contribution in [0.2, 0.25) is 0 Å². The minimum Gasteiger partial charge on any atom is -0.490 e. The maximum absolute atomic E-state index is 12.6. The van der Waals surface area contributed by atoms with Gasteiger partial charge >= 0.3 is 0 Å². The molecule has 0 bridgehead atoms. The van der Waals surface area contributed by atoms with Crippen LogP contribution in [0.5, 0.6) is 11.5 Å². The third-order valence-corrected chi connectivity index (χ3v) is 4.29. The Balaban J connectivity index is 2.07. The van der Waals surface area contributed by atoms with E-state index >= 15 is 0 Å². The van der Waals surface area contributed by atoms with Crippen molar-refractivity contribution in [3.8, 4) is 11.5 Å². The number of rotatable bonds is 10. The van der Waals surface area contributed by atoms with E-state index in [1.54, 1.807) is 0 Å². The van der Waals surface area contributed by atoms with E-state index in [4.69, 9.17) is 9.47 Å². The van der Waals surface area contributed by atoms with E-state index < -0.39 is 6.04 Å². The van der Waals surface area contributed by atoms with E-state index in [1.165, 1.54) is 0 Å². The number of benzene rings is 2. The fourth-order valence-electron chi connectivity index (χ4n) is 2.68. The maximum atomic E-state index is 12.6. The molecule has 0 fully saturated rings. The first-order chi connectivity index (χ1) is 13.4. The van der Waals surface area contributed by atoms with E-state index in [9.17, 15) is 4.79 Å². The van der Waals surface area contributed by atoms with Gasteiger partial charge in [-0.3, -0.25) is 4.79 Å². The molecule has 0 aromatic heterocycles. The summed E-state index contributed by atoms with van der Waals surface area (Å²) >= 11 is 0. The minimum atomic E-state index is -0.402. The number of aryl methyl sites for hydroxylation is 2. The van der Waals surface area contributed by atoms with Crippen LogP contribution in [0.3, 0.4) is 0 Å². The van der Waals surface area contributed by atoms with Gasteiger partial charge in [-0.25, -0.2) is 0 Å². The molecule has 0 aliphatic rings. The molecule has 0 radical (unpaired) electrons. The predicted molar refractivity (Wildman–Crippen MR) is 116 cm³/mol. The van der Waals surface area contributed by atoms with E-state index in [2.05, 4.69) is 24.5 Å². The first-order valence-electron chi connectivity index (χ1n) is 9.98. The minimum absolute atomic E-state index is 0.0870. The Kier molecular flexibility index (Phi) is 8.18. The quantitative estimate of drug-likeness (QED) is 0.582. The van der Waals surface area contributed by atoms with Crippen molar-refractivity contribution in [3.05, 3.63) is 47.5 Å². The van der Waals surface area contributed by atoms with Crippen molar-refractivity contribution in [2.45, 2.75) is 53.5 Å². The third kappa shape index (κ3) is 6.19. The van der Waals surface area contributed by atoms with Crippen LogP contribution in [0.1, 0.15) is 44.7 Å². The van der Waals surface area contributed by atoms with Crippen molar-refractivity contribution in [1.29, 1.82) is 0 Å². The van der Waals surface area contributed by atoms with Crippen molar-refractivity contribution in [2.75, 3.05) is 23.8 Å². The molecule has 5 heteroatoms. The lowest BCUT2D eigenvalue weighted by molar-refractivity contribution is -0.116. The molecular formula is C23H32N2O3. The topological polar surface area (TPSA) is 59.6 Å². The maximum Gasteiger partial charge on any atom is 0.246 e. The van der Waals surface area contributed by atoms with Crippen molar-refractivity contribution >= 4 is 17.3 Å². The van der Waals surface area contributed by atoms with Crippen LogP contribution in [0.25, 0.3) is 0 Å². The lowest BCUT2D eigenvalue weighted by Crippen LogP contribution is -2.32. The molecule has 1 amide bonds. The molecule has 2 rings (SSSR count). The molecule has 0 heterocycles. The zero-order valence-corrected chi connectivity index (χ0v) is 17.6. The highest BCUT2D eigenvalue weighted by molar-refractivity contribution is 5.96. The molecule has 2 N–H and O–H groups in total. The molecule has 0 saturated heterocycles. The van der Waals surface area contributed by atoms with Gasteiger partial charge in [0.15, 0.2) is 11.5 Å². The monoisotopic (exact) mass is 384 g/mol. The van der Waals surface area contributed by atoms with Crippen LogP contribution in [0.4, 0.5) is 11.4 Å². The zero-order valence-electron chi connectivity index (χ0n) is 17.6. The van der Waals surface area contributed by atoms with Crippen LogP contribution in [-0.4, -0.2) is 25.2 Å². The van der Waals surface area contributed by atoms with E-state index in [1.807, 2.05) is 57.2 Å². The number of nitrogens with one attached hydrogen (secondary N) is 2. The van der Waals surface area contributed by atoms with Crippen molar-refractivity contribution in [1.82, 2.24) is 0 Å². The number of amides is 1. The molecule has 5 nitrogen and oxygen atoms in total. The van der Waals surface area contributed by atoms with E-state index in [0.717, 1.165) is 41.1 Å². The summed E-state index contributed by atoms with van der Waals surface area (Å²) in [7, 11) is 0. The second-order valence-electron chi connectivity index (χ2n) is 7.03. The van der Waals surface area contributed by atoms with Crippen molar-refractivity contribution in [2.24, 2.45) is 0 Å². The van der Waals surface area contributed by atoms with Crippen molar-refractivity contribution in [3.63, 3.8) is 0 Å². The molecule has 0 aliphatic carbocycles. The molecule has 152 valence electrons. The number of hydrogen-bond acceptors (Lipinski definition) is 4. The molecule has 2 aromatic carbocycles. The number of ether oxygens (including phenoxy) is 2. The normalized spacial score (nSPS) is 11.6. The standard InChI is InChI=1S/C23H32N2O3/c1-6-12-27-21-11-10-19(15-22(21)28-13-7-2)24-18(5)23(26)25-20-14-16(3)8-9-17(20)4/h8-11,14-15,18,24H,6-7,12-13H2,1-5H3,(H,25,26). The van der Waals surface area contributed by atoms with Gasteiger partial charge in [0.05, 0.1) is 13.2 Å². The SMILES string of the molecule is CCCOc1ccc(NC(C)C(=O)Nc2cc(C)ccc2C)cc1OCCC. The number of anilines is 2. The van der Waals surface area contributed by atoms with Gasteiger partial charge in [0.1, 0.15) is 6.04 Å². The van der Waals surface area contributed by atoms with Crippen molar-refractivity contribution < 1.29 is 14.3 Å². The Bertz CT molecular complexity index is 789. The molecule has 0 saturated carbocycles. The Hall–Kier alpha value is -2.69. The number of hydrogen-bond donors (Lipinski definition) is 2. The first kappa shape index (κ1) is 21.6. The molecular weight excluding hydrogens is 352 g/mol. The van der Waals surface area contributed by atoms with Crippen LogP contribution < -0.4 is 20.1 Å². The fraction of sp³-hybridized carbons (Fsp3) is 0.435. The summed E-state index contributed by atoms with van der Waals surface area (Å²) in [5, 5.41) is 6.25. The van der Waals surface area contributed by atoms with Gasteiger partial charge in [-0.05, 0) is 62.9 Å². The second kappa shape index (κ2) is 10.6. The summed E-state index contributed by atoms with van der Waals surface area (Å²) in [6, 6.07) is 11.3. The largest absolute Gasteiger partial charge is 0.490 e. The Labute approximate surface area is 168 Å². The summed E-state index contributed by atoms with van der Waals surface area (Å²) in [4.78, 5) is 12.6. The lowest BCUT2D eigenvalue weighted by Gasteiger charge is -2.18. The van der Waals surface area contributed by atoms with Crippen LogP contribution in [0.15, 0.2) is 36.4 Å². The Morgan fingerprint density at radius 1 is 0.964 bits per heavy atom. The number of carbonyl (C=O) groups excluding carboxylic acids is 1. The summed E-state index contributed by atoms with van der Waals surface area (Å²) in [5.74, 6) is 1.34. The van der Waals surface area contributed by atoms with Gasteiger partial charge in [-0.1, -0.05) is 26.0 Å². The Morgan fingerprint density at radius 2 is 1.64 bits per heavy atom. The highest BCUT2D eigenvalue weighted by Gasteiger charge is 2.15. The third-order valence-electron chi connectivity index (χ3n) is 4.29. The van der Waals surface area contributed by atoms with Crippen LogP contribution >= 0.6 is 0 Å². The van der Waals surface area contributed by atoms with Gasteiger partial charge in [-0.2, -0.15) is 0 Å². The zero-order chi connectivity index (χ0) is 20.5.